The average Bonchev–Trinajstić information content (AvgIpc) is 3.05. The molecule has 0 aromatic heterocycles. The molecule has 1 aliphatic carbocycles. The highest BCUT2D eigenvalue weighted by Gasteiger charge is 2.41. The Hall–Kier alpha value is -4.72. The molecule has 0 heterocycles. The Balaban J connectivity index is 2.36. The van der Waals surface area contributed by atoms with Crippen molar-refractivity contribution >= 4 is 23.9 Å². The molecule has 0 amide bonds. The molecule has 2 aromatic carbocycles. The summed E-state index contributed by atoms with van der Waals surface area (Å²) < 4.78 is 21.5. The fourth-order valence-corrected chi connectivity index (χ4v) is 3.72. The van der Waals surface area contributed by atoms with E-state index in [-0.39, 0.29) is 23.0 Å². The summed E-state index contributed by atoms with van der Waals surface area (Å²) in [7, 11) is 0. The molecule has 0 bridgehead atoms. The van der Waals surface area contributed by atoms with Gasteiger partial charge in [0.15, 0.2) is 0 Å². The van der Waals surface area contributed by atoms with Gasteiger partial charge in [0.2, 0.25) is 0 Å². The lowest BCUT2D eigenvalue weighted by molar-refractivity contribution is -0.130. The van der Waals surface area contributed by atoms with Crippen molar-refractivity contribution in [1.82, 2.24) is 0 Å². The molecule has 3 rings (SSSR count). The fourth-order valence-electron chi connectivity index (χ4n) is 3.72. The molecule has 0 saturated heterocycles. The van der Waals surface area contributed by atoms with Crippen molar-refractivity contribution in [1.29, 1.82) is 0 Å². The maximum atomic E-state index is 12.1. The predicted octanol–water partition coefficient (Wildman–Crippen LogP) is 4.36. The summed E-state index contributed by atoms with van der Waals surface area (Å²) >= 11 is 0. The number of rotatable bonds is 8. The lowest BCUT2D eigenvalue weighted by Crippen LogP contribution is -2.16. The lowest BCUT2D eigenvalue weighted by Gasteiger charge is -2.22. The molecule has 0 N–H and O–H groups in total. The van der Waals surface area contributed by atoms with Crippen molar-refractivity contribution in [2.75, 3.05) is 0 Å². The maximum absolute atomic E-state index is 12.1. The van der Waals surface area contributed by atoms with Crippen molar-refractivity contribution in [2.45, 2.75) is 19.3 Å². The number of hydrogen-bond acceptors (Lipinski definition) is 8. The Morgan fingerprint density at radius 2 is 0.914 bits per heavy atom. The van der Waals surface area contributed by atoms with E-state index < -0.39 is 29.3 Å². The first-order valence-electron chi connectivity index (χ1n) is 10.3. The van der Waals surface area contributed by atoms with Gasteiger partial charge in [-0.3, -0.25) is 0 Å². The van der Waals surface area contributed by atoms with Crippen LogP contribution in [0.25, 0.3) is 11.1 Å². The quantitative estimate of drug-likeness (QED) is 0.316. The molecule has 0 unspecified atom stereocenters. The first-order chi connectivity index (χ1) is 16.5. The van der Waals surface area contributed by atoms with Crippen LogP contribution in [0.1, 0.15) is 25.0 Å². The highest BCUT2D eigenvalue weighted by molar-refractivity contribution is 5.95. The zero-order valence-corrected chi connectivity index (χ0v) is 19.2. The molecule has 0 aliphatic heterocycles. The first-order valence-corrected chi connectivity index (χ1v) is 10.3. The largest absolute Gasteiger partial charge is 0.423 e. The van der Waals surface area contributed by atoms with Gasteiger partial charge in [-0.1, -0.05) is 40.2 Å². The SMILES string of the molecule is C=CC(=O)Oc1cc(OC(=O)C=C)c2c(c1)C(C)(C)c1cc(OC(=O)C=C)cc(OC(=O)C=C)c1-2. The molecule has 0 atom stereocenters. The zero-order valence-electron chi connectivity index (χ0n) is 19.2. The predicted molar refractivity (Wildman–Crippen MR) is 127 cm³/mol. The Bertz CT molecular complexity index is 1210. The van der Waals surface area contributed by atoms with Crippen molar-refractivity contribution in [3.63, 3.8) is 0 Å². The number of carbonyl (C=O) groups excluding carboxylic acids is 4. The minimum absolute atomic E-state index is 0.0397. The van der Waals surface area contributed by atoms with Crippen molar-refractivity contribution in [3.05, 3.63) is 86.0 Å². The summed E-state index contributed by atoms with van der Waals surface area (Å²) in [4.78, 5) is 48.0. The highest BCUT2D eigenvalue weighted by Crippen LogP contribution is 2.57. The van der Waals surface area contributed by atoms with Gasteiger partial charge in [-0.15, -0.1) is 0 Å². The van der Waals surface area contributed by atoms with E-state index in [0.717, 1.165) is 24.3 Å². The molecule has 2 aromatic rings. The van der Waals surface area contributed by atoms with Crippen LogP contribution in [0.15, 0.2) is 74.9 Å². The van der Waals surface area contributed by atoms with Crippen LogP contribution in [0.3, 0.4) is 0 Å². The minimum Gasteiger partial charge on any atom is -0.423 e. The molecule has 0 fully saturated rings. The van der Waals surface area contributed by atoms with Crippen molar-refractivity contribution in [3.8, 4) is 34.1 Å². The molecule has 8 heteroatoms. The molecule has 8 nitrogen and oxygen atoms in total. The number of ether oxygens (including phenoxy) is 4. The summed E-state index contributed by atoms with van der Waals surface area (Å²) in [5.74, 6) is -2.65. The topological polar surface area (TPSA) is 105 Å². The molecule has 0 radical (unpaired) electrons. The van der Waals surface area contributed by atoms with Gasteiger partial charge in [-0.25, -0.2) is 19.2 Å². The molecular weight excluding hydrogens is 452 g/mol. The van der Waals surface area contributed by atoms with Crippen LogP contribution in [0.4, 0.5) is 0 Å². The average molecular weight is 474 g/mol. The van der Waals surface area contributed by atoms with Gasteiger partial charge < -0.3 is 18.9 Å². The van der Waals surface area contributed by atoms with E-state index in [1.807, 2.05) is 13.8 Å². The van der Waals surface area contributed by atoms with Gasteiger partial charge in [0, 0.05) is 53.0 Å². The Morgan fingerprint density at radius 3 is 1.23 bits per heavy atom. The molecule has 35 heavy (non-hydrogen) atoms. The summed E-state index contributed by atoms with van der Waals surface area (Å²) in [6.07, 6.45) is 3.95. The third kappa shape index (κ3) is 4.81. The number of esters is 4. The van der Waals surface area contributed by atoms with E-state index in [1.165, 1.54) is 12.1 Å². The van der Waals surface area contributed by atoms with Gasteiger partial charge in [0.1, 0.15) is 23.0 Å². The van der Waals surface area contributed by atoms with E-state index in [0.29, 0.717) is 22.3 Å². The highest BCUT2D eigenvalue weighted by atomic mass is 16.6. The molecule has 178 valence electrons. The van der Waals surface area contributed by atoms with Gasteiger partial charge in [0.05, 0.1) is 0 Å². The smallest absolute Gasteiger partial charge is 0.335 e. The third-order valence-electron chi connectivity index (χ3n) is 5.27. The van der Waals surface area contributed by atoms with Crippen molar-refractivity contribution < 1.29 is 38.1 Å². The van der Waals surface area contributed by atoms with Crippen molar-refractivity contribution in [2.24, 2.45) is 0 Å². The Morgan fingerprint density at radius 1 is 0.600 bits per heavy atom. The van der Waals surface area contributed by atoms with Crippen LogP contribution >= 0.6 is 0 Å². The molecular formula is C27H22O8. The summed E-state index contributed by atoms with van der Waals surface area (Å²) in [6.45, 7) is 17.3. The standard InChI is InChI=1S/C27H22O8/c1-7-21(28)32-15-11-17-25(19(13-15)34-23(30)9-3)26-18(27(17,5)6)12-16(33-22(29)8-2)14-20(26)35-24(31)10-4/h7-14H,1-4H2,5-6H3. The zero-order chi connectivity index (χ0) is 25.9. The number of carbonyl (C=O) groups is 4. The van der Waals surface area contributed by atoms with E-state index in [9.17, 15) is 19.2 Å². The lowest BCUT2D eigenvalue weighted by atomic mass is 9.82. The van der Waals surface area contributed by atoms with Gasteiger partial charge >= 0.3 is 23.9 Å². The van der Waals surface area contributed by atoms with Gasteiger partial charge in [-0.2, -0.15) is 0 Å². The van der Waals surface area contributed by atoms with Crippen LogP contribution in [0.2, 0.25) is 0 Å². The molecule has 0 saturated carbocycles. The van der Waals surface area contributed by atoms with Gasteiger partial charge in [0.25, 0.3) is 0 Å². The monoisotopic (exact) mass is 474 g/mol. The van der Waals surface area contributed by atoms with E-state index in [1.54, 1.807) is 12.1 Å². The maximum Gasteiger partial charge on any atom is 0.335 e. The molecule has 1 aliphatic rings. The third-order valence-corrected chi connectivity index (χ3v) is 5.27. The second-order valence-corrected chi connectivity index (χ2v) is 7.81. The number of benzene rings is 2. The summed E-state index contributed by atoms with van der Waals surface area (Å²) in [6, 6.07) is 5.93. The number of hydrogen-bond donors (Lipinski definition) is 0. The summed E-state index contributed by atoms with van der Waals surface area (Å²) in [5.41, 5.74) is 1.23. The van der Waals surface area contributed by atoms with E-state index >= 15 is 0 Å². The second kappa shape index (κ2) is 9.64. The summed E-state index contributed by atoms with van der Waals surface area (Å²) in [5, 5.41) is 0. The van der Waals surface area contributed by atoms with Crippen LogP contribution in [0.5, 0.6) is 23.0 Å². The van der Waals surface area contributed by atoms with Crippen LogP contribution in [-0.4, -0.2) is 23.9 Å². The molecule has 0 spiro atoms. The normalized spacial score (nSPS) is 12.3. The Labute approximate surface area is 201 Å². The fraction of sp³-hybridized carbons (Fsp3) is 0.111. The van der Waals surface area contributed by atoms with Gasteiger partial charge in [-0.05, 0) is 23.3 Å². The Kier molecular flexibility index (Phi) is 6.86. The van der Waals surface area contributed by atoms with E-state index in [4.69, 9.17) is 18.9 Å². The minimum atomic E-state index is -0.803. The van der Waals surface area contributed by atoms with E-state index in [2.05, 4.69) is 26.3 Å². The second-order valence-electron chi connectivity index (χ2n) is 7.81. The van der Waals surface area contributed by atoms with Crippen LogP contribution < -0.4 is 18.9 Å². The van der Waals surface area contributed by atoms with Crippen LogP contribution in [-0.2, 0) is 24.6 Å². The van der Waals surface area contributed by atoms with Crippen LogP contribution in [0, 0.1) is 0 Å². The number of fused-ring (bicyclic) bond motifs is 3. The first kappa shape index (κ1) is 24.9.